The first kappa shape index (κ1) is 17.4. The summed E-state index contributed by atoms with van der Waals surface area (Å²) in [7, 11) is 1.80. The monoisotopic (exact) mass is 302 g/mol. The van der Waals surface area contributed by atoms with Crippen molar-refractivity contribution in [2.45, 2.75) is 84.0 Å². The smallest absolute Gasteiger partial charge is 0.122 e. The van der Waals surface area contributed by atoms with Crippen LogP contribution in [-0.2, 0) is 6.42 Å². The first-order valence-electron chi connectivity index (χ1n) is 9.45. The van der Waals surface area contributed by atoms with E-state index in [-0.39, 0.29) is 0 Å². The molecule has 1 aliphatic rings. The molecule has 0 radical (unpaired) electrons. The fraction of sp³-hybridized carbons (Fsp3) is 0.714. The van der Waals surface area contributed by atoms with Gasteiger partial charge in [-0.3, -0.25) is 0 Å². The molecule has 22 heavy (non-hydrogen) atoms. The van der Waals surface area contributed by atoms with E-state index in [4.69, 9.17) is 4.74 Å². The minimum atomic E-state index is 0.781. The van der Waals surface area contributed by atoms with Crippen LogP contribution in [0.15, 0.2) is 18.2 Å². The number of unbranched alkanes of at least 4 members (excludes halogenated alkanes) is 2. The van der Waals surface area contributed by atoms with Crippen molar-refractivity contribution in [3.63, 3.8) is 0 Å². The third-order valence-electron chi connectivity index (χ3n) is 5.37. The Morgan fingerprint density at radius 2 is 1.77 bits per heavy atom. The molecule has 0 heterocycles. The normalized spacial score (nSPS) is 21.8. The van der Waals surface area contributed by atoms with Crippen molar-refractivity contribution in [2.24, 2.45) is 5.92 Å². The van der Waals surface area contributed by atoms with Crippen molar-refractivity contribution in [1.82, 2.24) is 0 Å². The van der Waals surface area contributed by atoms with E-state index in [1.807, 2.05) is 0 Å². The second kappa shape index (κ2) is 9.22. The molecule has 0 aliphatic heterocycles. The molecule has 1 fully saturated rings. The Kier molecular flexibility index (Phi) is 7.29. The molecule has 1 heteroatoms. The van der Waals surface area contributed by atoms with Crippen molar-refractivity contribution in [1.29, 1.82) is 0 Å². The van der Waals surface area contributed by atoms with Gasteiger partial charge in [0, 0.05) is 0 Å². The Morgan fingerprint density at radius 1 is 1.00 bits per heavy atom. The van der Waals surface area contributed by atoms with E-state index in [0.29, 0.717) is 0 Å². The highest BCUT2D eigenvalue weighted by molar-refractivity contribution is 5.39. The summed E-state index contributed by atoms with van der Waals surface area (Å²) in [5.74, 6) is 2.85. The zero-order valence-electron chi connectivity index (χ0n) is 14.9. The first-order chi connectivity index (χ1) is 10.8. The van der Waals surface area contributed by atoms with Gasteiger partial charge in [0.1, 0.15) is 5.75 Å². The van der Waals surface area contributed by atoms with Gasteiger partial charge < -0.3 is 4.74 Å². The van der Waals surface area contributed by atoms with Gasteiger partial charge in [-0.1, -0.05) is 51.7 Å². The van der Waals surface area contributed by atoms with Crippen LogP contribution in [0.1, 0.15) is 88.7 Å². The zero-order chi connectivity index (χ0) is 15.8. The SMILES string of the molecule is CCCCCc1cc(C2CCC(CCC)CC2)ccc1OC. The number of benzene rings is 1. The van der Waals surface area contributed by atoms with E-state index in [9.17, 15) is 0 Å². The molecule has 1 aromatic carbocycles. The fourth-order valence-electron chi connectivity index (χ4n) is 4.01. The predicted molar refractivity (Wildman–Crippen MR) is 95.8 cm³/mol. The van der Waals surface area contributed by atoms with E-state index >= 15 is 0 Å². The van der Waals surface area contributed by atoms with Gasteiger partial charge in [-0.2, -0.15) is 0 Å². The number of hydrogen-bond donors (Lipinski definition) is 0. The van der Waals surface area contributed by atoms with Crippen molar-refractivity contribution in [3.8, 4) is 5.75 Å². The average molecular weight is 303 g/mol. The van der Waals surface area contributed by atoms with Crippen LogP contribution in [0.2, 0.25) is 0 Å². The van der Waals surface area contributed by atoms with Crippen molar-refractivity contribution < 1.29 is 4.74 Å². The molecule has 124 valence electrons. The standard InChI is InChI=1S/C21H34O/c1-4-6-7-9-20-16-19(14-15-21(20)22-3)18-12-10-17(8-5-2)11-13-18/h14-18H,4-13H2,1-3H3. The number of ether oxygens (including phenoxy) is 1. The largest absolute Gasteiger partial charge is 0.496 e. The lowest BCUT2D eigenvalue weighted by molar-refractivity contribution is 0.308. The molecule has 1 aliphatic carbocycles. The summed E-state index contributed by atoms with van der Waals surface area (Å²) in [5.41, 5.74) is 2.98. The van der Waals surface area contributed by atoms with Crippen LogP contribution < -0.4 is 4.74 Å². The highest BCUT2D eigenvalue weighted by atomic mass is 16.5. The van der Waals surface area contributed by atoms with Crippen molar-refractivity contribution in [3.05, 3.63) is 29.3 Å². The lowest BCUT2D eigenvalue weighted by Crippen LogP contribution is -2.13. The summed E-state index contributed by atoms with van der Waals surface area (Å²) in [6.45, 7) is 4.58. The number of aryl methyl sites for hydroxylation is 1. The third-order valence-corrected chi connectivity index (χ3v) is 5.37. The molecule has 0 atom stereocenters. The first-order valence-corrected chi connectivity index (χ1v) is 9.45. The summed E-state index contributed by atoms with van der Waals surface area (Å²) in [6.07, 6.45) is 13.4. The fourth-order valence-corrected chi connectivity index (χ4v) is 4.01. The van der Waals surface area contributed by atoms with Crippen molar-refractivity contribution in [2.75, 3.05) is 7.11 Å². The second-order valence-corrected chi connectivity index (χ2v) is 7.03. The van der Waals surface area contributed by atoms with Crippen molar-refractivity contribution >= 4 is 0 Å². The molecular formula is C21H34O. The average Bonchev–Trinajstić information content (AvgIpc) is 2.56. The Hall–Kier alpha value is -0.980. The molecule has 0 N–H and O–H groups in total. The molecule has 1 aromatic rings. The molecule has 1 saturated carbocycles. The highest BCUT2D eigenvalue weighted by Crippen LogP contribution is 2.38. The molecule has 0 unspecified atom stereocenters. The van der Waals surface area contributed by atoms with Crippen LogP contribution in [0.5, 0.6) is 5.75 Å². The molecule has 0 spiro atoms. The van der Waals surface area contributed by atoms with Crippen LogP contribution in [0.25, 0.3) is 0 Å². The summed E-state index contributed by atoms with van der Waals surface area (Å²) in [5, 5.41) is 0. The van der Waals surface area contributed by atoms with Crippen LogP contribution >= 0.6 is 0 Å². The minimum absolute atomic E-state index is 0.781. The Morgan fingerprint density at radius 3 is 2.41 bits per heavy atom. The van der Waals surface area contributed by atoms with Gasteiger partial charge in [-0.15, -0.1) is 0 Å². The van der Waals surface area contributed by atoms with Crippen LogP contribution in [0.3, 0.4) is 0 Å². The second-order valence-electron chi connectivity index (χ2n) is 7.03. The van der Waals surface area contributed by atoms with Gasteiger partial charge in [-0.05, 0) is 67.6 Å². The highest BCUT2D eigenvalue weighted by Gasteiger charge is 2.22. The van der Waals surface area contributed by atoms with E-state index < -0.39 is 0 Å². The maximum absolute atomic E-state index is 5.57. The quantitative estimate of drug-likeness (QED) is 0.498. The van der Waals surface area contributed by atoms with Gasteiger partial charge in [-0.25, -0.2) is 0 Å². The Balaban J connectivity index is 2.00. The Bertz CT molecular complexity index is 430. The van der Waals surface area contributed by atoms with Gasteiger partial charge >= 0.3 is 0 Å². The zero-order valence-corrected chi connectivity index (χ0v) is 14.9. The maximum Gasteiger partial charge on any atom is 0.122 e. The van der Waals surface area contributed by atoms with E-state index in [2.05, 4.69) is 32.0 Å². The molecule has 1 nitrogen and oxygen atoms in total. The molecule has 0 aromatic heterocycles. The molecule has 0 saturated heterocycles. The van der Waals surface area contributed by atoms with Gasteiger partial charge in [0.15, 0.2) is 0 Å². The molecule has 0 amide bonds. The summed E-state index contributed by atoms with van der Waals surface area (Å²) in [6, 6.07) is 6.96. The molecular weight excluding hydrogens is 268 g/mol. The number of rotatable bonds is 8. The molecule has 0 bridgehead atoms. The van der Waals surface area contributed by atoms with Crippen LogP contribution in [-0.4, -0.2) is 7.11 Å². The maximum atomic E-state index is 5.57. The number of hydrogen-bond acceptors (Lipinski definition) is 1. The van der Waals surface area contributed by atoms with E-state index in [1.54, 1.807) is 12.7 Å². The Labute approximate surface area is 137 Å². The number of methoxy groups -OCH3 is 1. The summed E-state index contributed by atoms with van der Waals surface area (Å²) >= 11 is 0. The van der Waals surface area contributed by atoms with Gasteiger partial charge in [0.2, 0.25) is 0 Å². The molecule has 2 rings (SSSR count). The van der Waals surface area contributed by atoms with E-state index in [1.165, 1.54) is 63.4 Å². The topological polar surface area (TPSA) is 9.23 Å². The van der Waals surface area contributed by atoms with Gasteiger partial charge in [0.25, 0.3) is 0 Å². The summed E-state index contributed by atoms with van der Waals surface area (Å²) < 4.78 is 5.57. The van der Waals surface area contributed by atoms with E-state index in [0.717, 1.165) is 24.0 Å². The lowest BCUT2D eigenvalue weighted by Gasteiger charge is -2.29. The summed E-state index contributed by atoms with van der Waals surface area (Å²) in [4.78, 5) is 0. The van der Waals surface area contributed by atoms with Crippen LogP contribution in [0.4, 0.5) is 0 Å². The van der Waals surface area contributed by atoms with Crippen LogP contribution in [0, 0.1) is 5.92 Å². The van der Waals surface area contributed by atoms with Gasteiger partial charge in [0.05, 0.1) is 7.11 Å². The minimum Gasteiger partial charge on any atom is -0.496 e. The predicted octanol–water partition coefficient (Wildman–Crippen LogP) is 6.50. The lowest BCUT2D eigenvalue weighted by atomic mass is 9.77. The third kappa shape index (κ3) is 4.76.